The first-order chi connectivity index (χ1) is 24.2. The molecular weight excluding hydrogens is 672 g/mol. The zero-order chi connectivity index (χ0) is 38.4. The fourth-order valence-electron chi connectivity index (χ4n) is 7.86. The average molecular weight is 715 g/mol. The molecule has 2 fully saturated rings. The van der Waals surface area contributed by atoms with E-state index in [0.717, 1.165) is 12.1 Å². The molecule has 2 unspecified atom stereocenters. The number of aromatic hydroxyl groups is 2. The highest BCUT2D eigenvalue weighted by atomic mass is 16.4. The van der Waals surface area contributed by atoms with Gasteiger partial charge in [-0.15, -0.1) is 0 Å². The number of carbonyl (C=O) groups excluding carboxylic acids is 6. The number of ketones is 6. The fraction of sp³-hybridized carbons (Fsp3) is 0.450. The van der Waals surface area contributed by atoms with Crippen LogP contribution in [0.25, 0.3) is 0 Å². The third-order valence-corrected chi connectivity index (χ3v) is 10.1. The summed E-state index contributed by atoms with van der Waals surface area (Å²) in [5.41, 5.74) is -3.85. The van der Waals surface area contributed by atoms with Gasteiger partial charge in [-0.25, -0.2) is 9.59 Å². The second-order valence-electron chi connectivity index (χ2n) is 15.8. The van der Waals surface area contributed by atoms with E-state index in [4.69, 9.17) is 8.83 Å². The van der Waals surface area contributed by atoms with Crippen molar-refractivity contribution in [2.45, 2.75) is 91.9 Å². The normalized spacial score (nSPS) is 19.0. The third-order valence-electron chi connectivity index (χ3n) is 10.1. The molecule has 2 atom stereocenters. The Morgan fingerprint density at radius 3 is 1.17 bits per heavy atom. The monoisotopic (exact) mass is 714 g/mol. The molecule has 0 spiro atoms. The van der Waals surface area contributed by atoms with Gasteiger partial charge in [0.05, 0.1) is 11.8 Å². The van der Waals surface area contributed by atoms with Crippen molar-refractivity contribution in [1.29, 1.82) is 0 Å². The number of rotatable bonds is 10. The average Bonchev–Trinajstić information content (AvgIpc) is 2.97. The lowest BCUT2D eigenvalue weighted by Crippen LogP contribution is -2.41. The molecule has 5 rings (SSSR count). The van der Waals surface area contributed by atoms with Crippen LogP contribution in [0.5, 0.6) is 11.5 Å². The largest absolute Gasteiger partial charge is 0.507 e. The van der Waals surface area contributed by atoms with Crippen molar-refractivity contribution >= 4 is 34.7 Å². The van der Waals surface area contributed by atoms with E-state index in [1.807, 2.05) is 0 Å². The van der Waals surface area contributed by atoms with Crippen LogP contribution in [0.4, 0.5) is 0 Å². The Hall–Kier alpha value is -5.26. The Balaban J connectivity index is 1.57. The smallest absolute Gasteiger partial charge is 0.350 e. The lowest BCUT2D eigenvalue weighted by atomic mass is 9.64. The topological polar surface area (TPSA) is 203 Å². The summed E-state index contributed by atoms with van der Waals surface area (Å²) in [6.07, 6.45) is -0.760. The molecule has 2 aliphatic carbocycles. The molecule has 1 aromatic carbocycles. The summed E-state index contributed by atoms with van der Waals surface area (Å²) in [4.78, 5) is 107. The highest BCUT2D eigenvalue weighted by molar-refractivity contribution is 6.08. The number of aryl methyl sites for hydroxylation is 2. The van der Waals surface area contributed by atoms with E-state index in [1.54, 1.807) is 27.7 Å². The van der Waals surface area contributed by atoms with Crippen molar-refractivity contribution in [2.24, 2.45) is 22.7 Å². The van der Waals surface area contributed by atoms with Crippen molar-refractivity contribution < 1.29 is 47.8 Å². The quantitative estimate of drug-likeness (QED) is 0.198. The van der Waals surface area contributed by atoms with Gasteiger partial charge >= 0.3 is 11.3 Å². The molecule has 2 heterocycles. The van der Waals surface area contributed by atoms with Gasteiger partial charge in [-0.3, -0.25) is 28.8 Å². The van der Waals surface area contributed by atoms with Crippen LogP contribution in [0.1, 0.15) is 121 Å². The van der Waals surface area contributed by atoms with Crippen molar-refractivity contribution in [1.82, 2.24) is 0 Å². The molecule has 2 N–H and O–H groups in total. The van der Waals surface area contributed by atoms with Crippen LogP contribution in [0, 0.1) is 36.5 Å². The Labute approximate surface area is 299 Å². The Bertz CT molecular complexity index is 1920. The van der Waals surface area contributed by atoms with Crippen LogP contribution in [-0.4, -0.2) is 44.9 Å². The van der Waals surface area contributed by atoms with Crippen molar-refractivity contribution in [3.05, 3.63) is 91.0 Å². The van der Waals surface area contributed by atoms with Crippen molar-refractivity contribution in [3.8, 4) is 11.5 Å². The number of Topliss-reactive ketones (excluding diaryl/α,β-unsaturated/α-hetero) is 6. The van der Waals surface area contributed by atoms with Crippen LogP contribution < -0.4 is 11.3 Å². The van der Waals surface area contributed by atoms with Gasteiger partial charge in [0, 0.05) is 62.5 Å². The summed E-state index contributed by atoms with van der Waals surface area (Å²) in [7, 11) is 0. The number of carbonyl (C=O) groups is 6. The third kappa shape index (κ3) is 7.80. The zero-order valence-corrected chi connectivity index (χ0v) is 30.0. The molecule has 0 radical (unpaired) electrons. The van der Waals surface area contributed by atoms with Gasteiger partial charge in [-0.1, -0.05) is 52.0 Å². The van der Waals surface area contributed by atoms with E-state index < -0.39 is 92.8 Å². The molecule has 2 saturated carbocycles. The van der Waals surface area contributed by atoms with Crippen molar-refractivity contribution in [3.63, 3.8) is 0 Å². The van der Waals surface area contributed by atoms with Crippen LogP contribution >= 0.6 is 0 Å². The van der Waals surface area contributed by atoms with E-state index in [-0.39, 0.29) is 60.3 Å². The number of hydrogen-bond donors (Lipinski definition) is 2. The molecule has 52 heavy (non-hydrogen) atoms. The molecule has 2 aromatic heterocycles. The summed E-state index contributed by atoms with van der Waals surface area (Å²) in [6, 6.07) is 8.36. The maximum absolute atomic E-state index is 13.6. The minimum Gasteiger partial charge on any atom is -0.507 e. The lowest BCUT2D eigenvalue weighted by molar-refractivity contribution is -0.142. The highest BCUT2D eigenvalue weighted by Gasteiger charge is 2.47. The van der Waals surface area contributed by atoms with Gasteiger partial charge in [0.25, 0.3) is 0 Å². The highest BCUT2D eigenvalue weighted by Crippen LogP contribution is 2.44. The zero-order valence-electron chi connectivity index (χ0n) is 30.0. The molecule has 0 saturated heterocycles. The Morgan fingerprint density at radius 1 is 0.615 bits per heavy atom. The van der Waals surface area contributed by atoms with Crippen LogP contribution in [0.3, 0.4) is 0 Å². The first kappa shape index (κ1) is 38.0. The summed E-state index contributed by atoms with van der Waals surface area (Å²) >= 11 is 0. The first-order valence-electron chi connectivity index (χ1n) is 17.1. The first-order valence-corrected chi connectivity index (χ1v) is 17.1. The minimum absolute atomic E-state index is 0.0659. The van der Waals surface area contributed by atoms with Gasteiger partial charge in [-0.2, -0.15) is 0 Å². The maximum atomic E-state index is 13.6. The number of hydrogen-bond acceptors (Lipinski definition) is 12. The van der Waals surface area contributed by atoms with E-state index in [9.17, 15) is 48.6 Å². The summed E-state index contributed by atoms with van der Waals surface area (Å²) in [5, 5.41) is 20.9. The molecule has 12 nitrogen and oxygen atoms in total. The molecular formula is C40H42O12. The molecule has 274 valence electrons. The minimum atomic E-state index is -1.24. The Morgan fingerprint density at radius 2 is 0.904 bits per heavy atom. The Kier molecular flexibility index (Phi) is 10.3. The molecule has 0 amide bonds. The van der Waals surface area contributed by atoms with Gasteiger partial charge in [0.1, 0.15) is 57.3 Å². The van der Waals surface area contributed by atoms with Crippen LogP contribution in [0.2, 0.25) is 0 Å². The van der Waals surface area contributed by atoms with Crippen LogP contribution in [-0.2, 0) is 19.2 Å². The summed E-state index contributed by atoms with van der Waals surface area (Å²) in [5.74, 6) is -8.87. The van der Waals surface area contributed by atoms with Gasteiger partial charge in [-0.05, 0) is 35.8 Å². The van der Waals surface area contributed by atoms with Gasteiger partial charge in [0.15, 0.2) is 11.6 Å². The molecule has 12 heteroatoms. The van der Waals surface area contributed by atoms with Crippen LogP contribution in [0.15, 0.2) is 54.8 Å². The van der Waals surface area contributed by atoms with E-state index in [1.165, 1.54) is 38.1 Å². The SMILES string of the molecule is Cc1cc(O)c(C(=O)CC(c2ccc(C(CC(=O)c3c(O)cc(C)oc3=O)C3C(=O)CC(C)(C)CC3=O)cc2)C2C(=O)CC(C)(C)CC2=O)c(=O)o1. The van der Waals surface area contributed by atoms with Crippen molar-refractivity contribution in [2.75, 3.05) is 0 Å². The second-order valence-corrected chi connectivity index (χ2v) is 15.8. The maximum Gasteiger partial charge on any atom is 0.350 e. The number of benzene rings is 1. The van der Waals surface area contributed by atoms with E-state index in [0.29, 0.717) is 11.1 Å². The second kappa shape index (κ2) is 14.0. The summed E-state index contributed by atoms with van der Waals surface area (Å²) < 4.78 is 10.1. The predicted octanol–water partition coefficient (Wildman–Crippen LogP) is 5.48. The fourth-order valence-corrected chi connectivity index (χ4v) is 7.86. The molecule has 0 bridgehead atoms. The standard InChI is InChI=1S/C40H42O12/c1-19-11-25(41)35(37(49)51-19)27(43)13-23(33-29(45)15-39(3,4)16-30(33)46)21-7-9-22(10-8-21)24(34-31(47)17-40(5,6)18-32(34)48)14-28(44)36-26(42)12-20(2)52-38(36)50/h7-12,23-24,33-34,41-42H,13-18H2,1-6H3. The van der Waals surface area contributed by atoms with Gasteiger partial charge < -0.3 is 19.0 Å². The molecule has 0 aliphatic heterocycles. The summed E-state index contributed by atoms with van der Waals surface area (Å²) in [6.45, 7) is 10.0. The molecule has 2 aliphatic rings. The molecule has 3 aromatic rings. The predicted molar refractivity (Wildman–Crippen MR) is 186 cm³/mol. The van der Waals surface area contributed by atoms with E-state index in [2.05, 4.69) is 0 Å². The lowest BCUT2D eigenvalue weighted by Gasteiger charge is -2.36. The van der Waals surface area contributed by atoms with E-state index >= 15 is 0 Å². The van der Waals surface area contributed by atoms with Gasteiger partial charge in [0.2, 0.25) is 0 Å².